The summed E-state index contributed by atoms with van der Waals surface area (Å²) in [5.41, 5.74) is 0.615. The van der Waals surface area contributed by atoms with E-state index in [1.54, 1.807) is 36.4 Å². The third-order valence-corrected chi connectivity index (χ3v) is 4.48. The lowest BCUT2D eigenvalue weighted by Gasteiger charge is -2.08. The molecule has 0 saturated carbocycles. The fourth-order valence-corrected chi connectivity index (χ4v) is 3.18. The van der Waals surface area contributed by atoms with Crippen molar-refractivity contribution in [2.24, 2.45) is 0 Å². The van der Waals surface area contributed by atoms with Crippen molar-refractivity contribution in [3.63, 3.8) is 0 Å². The second-order valence-corrected chi connectivity index (χ2v) is 6.88. The van der Waals surface area contributed by atoms with E-state index in [4.69, 9.17) is 0 Å². The molecule has 0 bridgehead atoms. The largest absolute Gasteiger partial charge is 0.325 e. The van der Waals surface area contributed by atoms with E-state index in [2.05, 4.69) is 26.0 Å². The van der Waals surface area contributed by atoms with Gasteiger partial charge in [-0.2, -0.15) is 0 Å². The minimum absolute atomic E-state index is 0.101. The lowest BCUT2D eigenvalue weighted by atomic mass is 10.3. The van der Waals surface area contributed by atoms with Gasteiger partial charge >= 0.3 is 0 Å². The van der Waals surface area contributed by atoms with Crippen LogP contribution >= 0.6 is 15.9 Å². The van der Waals surface area contributed by atoms with Crippen molar-refractivity contribution in [1.82, 2.24) is 4.72 Å². The second-order valence-electron chi connectivity index (χ2n) is 4.20. The Morgan fingerprint density at radius 3 is 2.43 bits per heavy atom. The zero-order valence-electron chi connectivity index (χ0n) is 10.9. The molecule has 0 aliphatic heterocycles. The lowest BCUT2D eigenvalue weighted by Crippen LogP contribution is -2.32. The SMILES string of the molecule is O=C(CNS(=O)(=O)c1cccc(Br)c1)Nc1ccccc1. The third kappa shape index (κ3) is 4.66. The van der Waals surface area contributed by atoms with Crippen molar-refractivity contribution in [1.29, 1.82) is 0 Å². The van der Waals surface area contributed by atoms with Gasteiger partial charge in [-0.05, 0) is 30.3 Å². The van der Waals surface area contributed by atoms with Gasteiger partial charge in [0.2, 0.25) is 15.9 Å². The molecule has 0 saturated heterocycles. The number of rotatable bonds is 5. The van der Waals surface area contributed by atoms with Gasteiger partial charge in [0.15, 0.2) is 0 Å². The molecule has 0 spiro atoms. The summed E-state index contributed by atoms with van der Waals surface area (Å²) in [6.07, 6.45) is 0. The first-order valence-electron chi connectivity index (χ1n) is 6.07. The molecule has 21 heavy (non-hydrogen) atoms. The Hall–Kier alpha value is -1.70. The molecule has 1 amide bonds. The summed E-state index contributed by atoms with van der Waals surface area (Å²) in [5.74, 6) is -0.431. The van der Waals surface area contributed by atoms with Crippen LogP contribution in [0.3, 0.4) is 0 Å². The highest BCUT2D eigenvalue weighted by Gasteiger charge is 2.15. The Kier molecular flexibility index (Phi) is 5.11. The maximum Gasteiger partial charge on any atom is 0.241 e. The van der Waals surface area contributed by atoms with Crippen molar-refractivity contribution in [2.45, 2.75) is 4.90 Å². The molecule has 0 heterocycles. The molecule has 0 radical (unpaired) electrons. The average Bonchev–Trinajstić information content (AvgIpc) is 2.46. The molecule has 0 aromatic heterocycles. The van der Waals surface area contributed by atoms with Crippen LogP contribution in [0, 0.1) is 0 Å². The van der Waals surface area contributed by atoms with E-state index in [9.17, 15) is 13.2 Å². The van der Waals surface area contributed by atoms with E-state index in [1.165, 1.54) is 12.1 Å². The maximum atomic E-state index is 12.0. The van der Waals surface area contributed by atoms with E-state index in [0.717, 1.165) is 0 Å². The number of halogens is 1. The number of sulfonamides is 1. The number of carbonyl (C=O) groups excluding carboxylic acids is 1. The monoisotopic (exact) mass is 368 g/mol. The van der Waals surface area contributed by atoms with Crippen LogP contribution in [0.5, 0.6) is 0 Å². The lowest BCUT2D eigenvalue weighted by molar-refractivity contribution is -0.115. The summed E-state index contributed by atoms with van der Waals surface area (Å²) in [6.45, 7) is -0.330. The van der Waals surface area contributed by atoms with Crippen LogP contribution in [0.2, 0.25) is 0 Å². The molecule has 2 aromatic rings. The molecule has 2 rings (SSSR count). The van der Waals surface area contributed by atoms with Gasteiger partial charge in [-0.25, -0.2) is 13.1 Å². The summed E-state index contributed by atoms with van der Waals surface area (Å²) in [6, 6.07) is 15.1. The summed E-state index contributed by atoms with van der Waals surface area (Å²) < 4.78 is 27.0. The van der Waals surface area contributed by atoms with Crippen molar-refractivity contribution in [2.75, 3.05) is 11.9 Å². The van der Waals surface area contributed by atoms with E-state index in [0.29, 0.717) is 10.2 Å². The Morgan fingerprint density at radius 1 is 1.05 bits per heavy atom. The molecule has 5 nitrogen and oxygen atoms in total. The van der Waals surface area contributed by atoms with Gasteiger partial charge in [0.25, 0.3) is 0 Å². The predicted molar refractivity (Wildman–Crippen MR) is 84.4 cm³/mol. The molecular weight excluding hydrogens is 356 g/mol. The minimum Gasteiger partial charge on any atom is -0.325 e. The molecule has 0 aliphatic carbocycles. The summed E-state index contributed by atoms with van der Waals surface area (Å²) in [7, 11) is -3.71. The number of hydrogen-bond acceptors (Lipinski definition) is 3. The molecule has 0 atom stereocenters. The van der Waals surface area contributed by atoms with Crippen molar-refractivity contribution in [3.8, 4) is 0 Å². The van der Waals surface area contributed by atoms with Gasteiger partial charge in [-0.3, -0.25) is 4.79 Å². The Balaban J connectivity index is 1.97. The third-order valence-electron chi connectivity index (χ3n) is 2.59. The summed E-state index contributed by atoms with van der Waals surface area (Å²) in [4.78, 5) is 11.8. The number of anilines is 1. The smallest absolute Gasteiger partial charge is 0.241 e. The highest BCUT2D eigenvalue weighted by Crippen LogP contribution is 2.15. The zero-order chi connectivity index (χ0) is 15.3. The molecule has 0 fully saturated rings. The Bertz CT molecular complexity index is 733. The van der Waals surface area contributed by atoms with Crippen molar-refractivity contribution < 1.29 is 13.2 Å². The quantitative estimate of drug-likeness (QED) is 0.850. The van der Waals surface area contributed by atoms with E-state index in [1.807, 2.05) is 6.07 Å². The van der Waals surface area contributed by atoms with Gasteiger partial charge < -0.3 is 5.32 Å². The molecule has 7 heteroatoms. The highest BCUT2D eigenvalue weighted by atomic mass is 79.9. The van der Waals surface area contributed by atoms with Crippen LogP contribution in [0.15, 0.2) is 64.0 Å². The van der Waals surface area contributed by atoms with Crippen LogP contribution in [0.25, 0.3) is 0 Å². The zero-order valence-corrected chi connectivity index (χ0v) is 13.3. The van der Waals surface area contributed by atoms with Crippen LogP contribution in [0.4, 0.5) is 5.69 Å². The predicted octanol–water partition coefficient (Wildman–Crippen LogP) is 2.37. The summed E-state index contributed by atoms with van der Waals surface area (Å²) in [5, 5.41) is 2.60. The maximum absolute atomic E-state index is 12.0. The molecule has 2 aromatic carbocycles. The highest BCUT2D eigenvalue weighted by molar-refractivity contribution is 9.10. The second kappa shape index (κ2) is 6.84. The number of benzene rings is 2. The van der Waals surface area contributed by atoms with Gasteiger partial charge in [-0.15, -0.1) is 0 Å². The summed E-state index contributed by atoms with van der Waals surface area (Å²) >= 11 is 3.21. The van der Waals surface area contributed by atoms with E-state index in [-0.39, 0.29) is 11.4 Å². The standard InChI is InChI=1S/C14H13BrN2O3S/c15-11-5-4-8-13(9-11)21(19,20)16-10-14(18)17-12-6-2-1-3-7-12/h1-9,16H,10H2,(H,17,18). The molecular formula is C14H13BrN2O3S. The Labute approximate surface area is 131 Å². The fourth-order valence-electron chi connectivity index (χ4n) is 1.60. The first-order valence-corrected chi connectivity index (χ1v) is 8.35. The van der Waals surface area contributed by atoms with Gasteiger partial charge in [0, 0.05) is 10.2 Å². The van der Waals surface area contributed by atoms with E-state index < -0.39 is 15.9 Å². The number of amides is 1. The number of carbonyl (C=O) groups is 1. The molecule has 0 aliphatic rings. The van der Waals surface area contributed by atoms with Gasteiger partial charge in [0.1, 0.15) is 0 Å². The van der Waals surface area contributed by atoms with Crippen LogP contribution < -0.4 is 10.0 Å². The van der Waals surface area contributed by atoms with Gasteiger partial charge in [-0.1, -0.05) is 40.2 Å². The number of para-hydroxylation sites is 1. The van der Waals surface area contributed by atoms with Gasteiger partial charge in [0.05, 0.1) is 11.4 Å². The molecule has 0 unspecified atom stereocenters. The van der Waals surface area contributed by atoms with Crippen LogP contribution in [0.1, 0.15) is 0 Å². The first-order chi connectivity index (χ1) is 9.97. The first kappa shape index (κ1) is 15.7. The normalized spacial score (nSPS) is 11.1. The molecule has 2 N–H and O–H groups in total. The molecule has 110 valence electrons. The van der Waals surface area contributed by atoms with Crippen LogP contribution in [-0.4, -0.2) is 20.9 Å². The van der Waals surface area contributed by atoms with Crippen molar-refractivity contribution >= 4 is 37.5 Å². The Morgan fingerprint density at radius 2 is 1.76 bits per heavy atom. The topological polar surface area (TPSA) is 75.3 Å². The minimum atomic E-state index is -3.71. The van der Waals surface area contributed by atoms with Crippen molar-refractivity contribution in [3.05, 3.63) is 59.1 Å². The number of nitrogens with one attached hydrogen (secondary N) is 2. The number of hydrogen-bond donors (Lipinski definition) is 2. The van der Waals surface area contributed by atoms with Crippen LogP contribution in [-0.2, 0) is 14.8 Å². The average molecular weight is 369 g/mol. The fraction of sp³-hybridized carbons (Fsp3) is 0.0714. The van der Waals surface area contributed by atoms with E-state index >= 15 is 0 Å².